The molecule has 2 rings (SSSR count). The highest BCUT2D eigenvalue weighted by molar-refractivity contribution is 5.80. The summed E-state index contributed by atoms with van der Waals surface area (Å²) in [7, 11) is 3.57. The molecule has 1 aliphatic rings. The van der Waals surface area contributed by atoms with E-state index >= 15 is 0 Å². The van der Waals surface area contributed by atoms with E-state index in [1.165, 1.54) is 0 Å². The number of rotatable bonds is 4. The molecule has 1 saturated heterocycles. The van der Waals surface area contributed by atoms with Crippen LogP contribution in [0.5, 0.6) is 5.75 Å². The maximum Gasteiger partial charge on any atom is 0.193 e. The van der Waals surface area contributed by atoms with Crippen molar-refractivity contribution in [2.45, 2.75) is 26.9 Å². The van der Waals surface area contributed by atoms with Gasteiger partial charge < -0.3 is 25.0 Å². The van der Waals surface area contributed by atoms with E-state index in [4.69, 9.17) is 4.74 Å². The Hall–Kier alpha value is -1.95. The zero-order chi connectivity index (χ0) is 18.4. The van der Waals surface area contributed by atoms with E-state index in [0.29, 0.717) is 5.75 Å². The first-order chi connectivity index (χ1) is 11.9. The molecule has 1 aromatic rings. The summed E-state index contributed by atoms with van der Waals surface area (Å²) in [5, 5.41) is 13.5. The Bertz CT molecular complexity index is 575. The zero-order valence-electron chi connectivity index (χ0n) is 16.1. The second-order valence-electron chi connectivity index (χ2n) is 7.48. The first-order valence-electron chi connectivity index (χ1n) is 8.88. The number of methoxy groups -OCH3 is 1. The SMILES string of the molecule is CN=C(NCC(OC)C(C)(C)C)N1CCN(c2ccccc2O)CC1. The van der Waals surface area contributed by atoms with Crippen molar-refractivity contribution in [2.75, 3.05) is 51.8 Å². The molecule has 0 bridgehead atoms. The van der Waals surface area contributed by atoms with Crippen LogP contribution in [0.25, 0.3) is 0 Å². The van der Waals surface area contributed by atoms with E-state index in [0.717, 1.165) is 44.4 Å². The van der Waals surface area contributed by atoms with Gasteiger partial charge in [-0.15, -0.1) is 0 Å². The summed E-state index contributed by atoms with van der Waals surface area (Å²) in [4.78, 5) is 8.89. The van der Waals surface area contributed by atoms with Crippen molar-refractivity contribution in [1.82, 2.24) is 10.2 Å². The van der Waals surface area contributed by atoms with Crippen LogP contribution in [0.4, 0.5) is 5.69 Å². The molecule has 25 heavy (non-hydrogen) atoms. The van der Waals surface area contributed by atoms with Gasteiger partial charge in [0.15, 0.2) is 5.96 Å². The van der Waals surface area contributed by atoms with Gasteiger partial charge in [0.1, 0.15) is 5.75 Å². The molecule has 1 atom stereocenters. The van der Waals surface area contributed by atoms with Gasteiger partial charge in [-0.2, -0.15) is 0 Å². The number of phenols is 1. The van der Waals surface area contributed by atoms with Gasteiger partial charge in [0.2, 0.25) is 0 Å². The van der Waals surface area contributed by atoms with Gasteiger partial charge in [0, 0.05) is 46.9 Å². The van der Waals surface area contributed by atoms with Crippen LogP contribution in [0.15, 0.2) is 29.3 Å². The van der Waals surface area contributed by atoms with Crippen molar-refractivity contribution in [1.29, 1.82) is 0 Å². The lowest BCUT2D eigenvalue weighted by Crippen LogP contribution is -2.54. The molecular weight excluding hydrogens is 316 g/mol. The third-order valence-corrected chi connectivity index (χ3v) is 4.71. The van der Waals surface area contributed by atoms with Crippen molar-refractivity contribution >= 4 is 11.6 Å². The Kier molecular flexibility index (Phi) is 6.53. The van der Waals surface area contributed by atoms with Crippen LogP contribution in [-0.4, -0.2) is 69.0 Å². The molecule has 0 amide bonds. The molecule has 1 unspecified atom stereocenters. The van der Waals surface area contributed by atoms with Crippen LogP contribution < -0.4 is 10.2 Å². The van der Waals surface area contributed by atoms with Gasteiger partial charge in [0.05, 0.1) is 11.8 Å². The summed E-state index contributed by atoms with van der Waals surface area (Å²) in [5.74, 6) is 1.25. The van der Waals surface area contributed by atoms with Crippen molar-refractivity contribution in [3.63, 3.8) is 0 Å². The fourth-order valence-electron chi connectivity index (χ4n) is 3.15. The first-order valence-corrected chi connectivity index (χ1v) is 8.88. The van der Waals surface area contributed by atoms with Crippen LogP contribution in [0.2, 0.25) is 0 Å². The predicted octanol–water partition coefficient (Wildman–Crippen LogP) is 2.15. The van der Waals surface area contributed by atoms with Crippen LogP contribution >= 0.6 is 0 Å². The standard InChI is InChI=1S/C19H32N4O2/c1-19(2,3)17(25-5)14-21-18(20-4)23-12-10-22(11-13-23)15-8-6-7-9-16(15)24/h6-9,17,24H,10-14H2,1-5H3,(H,20,21). The zero-order valence-corrected chi connectivity index (χ0v) is 16.1. The minimum absolute atomic E-state index is 0.0735. The Balaban J connectivity index is 1.91. The quantitative estimate of drug-likeness (QED) is 0.645. The molecule has 1 aromatic carbocycles. The summed E-state index contributed by atoms with van der Waals surface area (Å²) >= 11 is 0. The van der Waals surface area contributed by atoms with E-state index in [-0.39, 0.29) is 11.5 Å². The number of aliphatic imine (C=N–C) groups is 1. The minimum atomic E-state index is 0.0735. The van der Waals surface area contributed by atoms with Gasteiger partial charge in [-0.05, 0) is 17.5 Å². The smallest absolute Gasteiger partial charge is 0.193 e. The number of ether oxygens (including phenoxy) is 1. The largest absolute Gasteiger partial charge is 0.506 e. The predicted molar refractivity (Wildman–Crippen MR) is 104 cm³/mol. The van der Waals surface area contributed by atoms with Gasteiger partial charge in [0.25, 0.3) is 0 Å². The third kappa shape index (κ3) is 5.01. The van der Waals surface area contributed by atoms with Gasteiger partial charge in [-0.25, -0.2) is 0 Å². The molecule has 2 N–H and O–H groups in total. The lowest BCUT2D eigenvalue weighted by molar-refractivity contribution is 0.0201. The number of benzene rings is 1. The normalized spacial score (nSPS) is 17.6. The van der Waals surface area contributed by atoms with Crippen molar-refractivity contribution in [2.24, 2.45) is 10.4 Å². The number of guanidine groups is 1. The Morgan fingerprint density at radius 2 is 1.88 bits per heavy atom. The molecule has 1 fully saturated rings. The highest BCUT2D eigenvalue weighted by Crippen LogP contribution is 2.27. The Morgan fingerprint density at radius 1 is 1.24 bits per heavy atom. The Morgan fingerprint density at radius 3 is 2.40 bits per heavy atom. The van der Waals surface area contributed by atoms with Crippen LogP contribution in [-0.2, 0) is 4.74 Å². The van der Waals surface area contributed by atoms with E-state index in [1.807, 2.05) is 25.2 Å². The summed E-state index contributed by atoms with van der Waals surface area (Å²) in [5.41, 5.74) is 0.974. The maximum atomic E-state index is 10.0. The molecule has 1 heterocycles. The highest BCUT2D eigenvalue weighted by atomic mass is 16.5. The number of anilines is 1. The Labute approximate surface area is 151 Å². The number of aromatic hydroxyl groups is 1. The van der Waals surface area contributed by atoms with Gasteiger partial charge in [-0.3, -0.25) is 4.99 Å². The molecule has 6 nitrogen and oxygen atoms in total. The van der Waals surface area contributed by atoms with Gasteiger partial charge >= 0.3 is 0 Å². The van der Waals surface area contributed by atoms with Crippen LogP contribution in [0.1, 0.15) is 20.8 Å². The van der Waals surface area contributed by atoms with E-state index in [1.54, 1.807) is 13.2 Å². The summed E-state index contributed by atoms with van der Waals surface area (Å²) < 4.78 is 5.61. The number of nitrogens with one attached hydrogen (secondary N) is 1. The molecule has 140 valence electrons. The molecule has 0 aliphatic carbocycles. The topological polar surface area (TPSA) is 60.3 Å². The van der Waals surface area contributed by atoms with E-state index in [9.17, 15) is 5.11 Å². The lowest BCUT2D eigenvalue weighted by atomic mass is 9.89. The van der Waals surface area contributed by atoms with Crippen molar-refractivity contribution in [3.05, 3.63) is 24.3 Å². The van der Waals surface area contributed by atoms with Crippen molar-refractivity contribution in [3.8, 4) is 5.75 Å². The molecule has 0 saturated carbocycles. The van der Waals surface area contributed by atoms with Crippen LogP contribution in [0, 0.1) is 5.41 Å². The number of hydrogen-bond donors (Lipinski definition) is 2. The molecular formula is C19H32N4O2. The monoisotopic (exact) mass is 348 g/mol. The lowest BCUT2D eigenvalue weighted by Gasteiger charge is -2.38. The molecule has 6 heteroatoms. The molecule has 0 spiro atoms. The fourth-order valence-corrected chi connectivity index (χ4v) is 3.15. The first kappa shape index (κ1) is 19.4. The molecule has 1 aliphatic heterocycles. The summed E-state index contributed by atoms with van der Waals surface area (Å²) in [6.07, 6.45) is 0.117. The number of hydrogen-bond acceptors (Lipinski definition) is 4. The average molecular weight is 348 g/mol. The van der Waals surface area contributed by atoms with Crippen LogP contribution in [0.3, 0.4) is 0 Å². The van der Waals surface area contributed by atoms with E-state index < -0.39 is 0 Å². The number of piperazine rings is 1. The number of para-hydroxylation sites is 2. The van der Waals surface area contributed by atoms with E-state index in [2.05, 4.69) is 40.9 Å². The van der Waals surface area contributed by atoms with Gasteiger partial charge in [-0.1, -0.05) is 32.9 Å². The van der Waals surface area contributed by atoms with Crippen molar-refractivity contribution < 1.29 is 9.84 Å². The average Bonchev–Trinajstić information content (AvgIpc) is 2.58. The highest BCUT2D eigenvalue weighted by Gasteiger charge is 2.26. The summed E-state index contributed by atoms with van der Waals surface area (Å²) in [6, 6.07) is 7.51. The fraction of sp³-hybridized carbons (Fsp3) is 0.632. The second-order valence-corrected chi connectivity index (χ2v) is 7.48. The molecule has 0 aromatic heterocycles. The maximum absolute atomic E-state index is 10.0. The summed E-state index contributed by atoms with van der Waals surface area (Å²) in [6.45, 7) is 10.7. The second kappa shape index (κ2) is 8.43. The third-order valence-electron chi connectivity index (χ3n) is 4.71. The number of phenolic OH excluding ortho intramolecular Hbond substituents is 1. The number of nitrogens with zero attached hydrogens (tertiary/aromatic N) is 3. The minimum Gasteiger partial charge on any atom is -0.506 e. The molecule has 0 radical (unpaired) electrons.